The summed E-state index contributed by atoms with van der Waals surface area (Å²) in [6.45, 7) is 2.94. The summed E-state index contributed by atoms with van der Waals surface area (Å²) < 4.78 is 15.1. The van der Waals surface area contributed by atoms with Gasteiger partial charge in [0.05, 0.1) is 5.69 Å². The van der Waals surface area contributed by atoms with Crippen LogP contribution in [0.4, 0.5) is 10.2 Å². The number of halogens is 1. The van der Waals surface area contributed by atoms with Crippen molar-refractivity contribution in [2.24, 2.45) is 0 Å². The molecule has 3 heterocycles. The minimum Gasteiger partial charge on any atom is -0.356 e. The van der Waals surface area contributed by atoms with Crippen molar-refractivity contribution in [1.82, 2.24) is 30.2 Å². The van der Waals surface area contributed by atoms with Gasteiger partial charge >= 0.3 is 0 Å². The number of hydrogen-bond donors (Lipinski definition) is 2. The molecule has 0 spiro atoms. The molecule has 34 heavy (non-hydrogen) atoms. The predicted octanol–water partition coefficient (Wildman–Crippen LogP) is 1.58. The van der Waals surface area contributed by atoms with Crippen LogP contribution in [0.3, 0.4) is 0 Å². The van der Waals surface area contributed by atoms with E-state index in [2.05, 4.69) is 30.6 Å². The Labute approximate surface area is 196 Å². The molecule has 5 rings (SSSR count). The van der Waals surface area contributed by atoms with E-state index in [0.29, 0.717) is 12.2 Å². The molecule has 1 aliphatic heterocycles. The summed E-state index contributed by atoms with van der Waals surface area (Å²) >= 11 is 0. The molecule has 3 aromatic rings. The number of nitrogens with one attached hydrogen (secondary N) is 2. The number of carbonyl (C=O) groups is 2. The second kappa shape index (κ2) is 9.36. The Hall–Kier alpha value is -3.56. The van der Waals surface area contributed by atoms with Crippen LogP contribution in [-0.2, 0) is 28.9 Å². The van der Waals surface area contributed by atoms with Crippen LogP contribution in [0.1, 0.15) is 43.0 Å². The molecule has 0 saturated carbocycles. The fourth-order valence-corrected chi connectivity index (χ4v) is 4.97. The van der Waals surface area contributed by atoms with Crippen LogP contribution >= 0.6 is 0 Å². The van der Waals surface area contributed by atoms with E-state index < -0.39 is 6.04 Å². The highest BCUT2D eigenvalue weighted by molar-refractivity contribution is 5.87. The largest absolute Gasteiger partial charge is 0.356 e. The Balaban J connectivity index is 1.24. The normalized spacial score (nSPS) is 16.9. The molecular formula is C24H28FN7O2. The van der Waals surface area contributed by atoms with Gasteiger partial charge in [-0.1, -0.05) is 12.1 Å². The molecular weight excluding hydrogens is 437 g/mol. The molecule has 1 unspecified atom stereocenters. The molecule has 1 aromatic carbocycles. The number of fused-ring (bicyclic) bond motifs is 2. The molecule has 1 aliphatic carbocycles. The average molecular weight is 466 g/mol. The number of anilines is 1. The van der Waals surface area contributed by atoms with Gasteiger partial charge in [0, 0.05) is 38.0 Å². The summed E-state index contributed by atoms with van der Waals surface area (Å²) in [5.74, 6) is 0.873. The van der Waals surface area contributed by atoms with Crippen molar-refractivity contribution < 1.29 is 14.0 Å². The molecule has 9 nitrogen and oxygen atoms in total. The van der Waals surface area contributed by atoms with Gasteiger partial charge in [0.1, 0.15) is 24.0 Å². The molecule has 1 atom stereocenters. The second-order valence-electron chi connectivity index (χ2n) is 9.04. The number of amides is 2. The van der Waals surface area contributed by atoms with Crippen LogP contribution < -0.4 is 15.5 Å². The van der Waals surface area contributed by atoms with Crippen molar-refractivity contribution in [1.29, 1.82) is 0 Å². The molecule has 178 valence electrons. The Morgan fingerprint density at radius 1 is 1.18 bits per heavy atom. The van der Waals surface area contributed by atoms with Crippen molar-refractivity contribution >= 4 is 23.4 Å². The number of benzene rings is 1. The molecule has 0 bridgehead atoms. The van der Waals surface area contributed by atoms with Gasteiger partial charge in [-0.3, -0.25) is 9.59 Å². The molecule has 2 amide bonds. The van der Waals surface area contributed by atoms with Crippen LogP contribution in [-0.4, -0.2) is 56.6 Å². The van der Waals surface area contributed by atoms with Crippen LogP contribution in [0.25, 0.3) is 5.78 Å². The monoisotopic (exact) mass is 465 g/mol. The summed E-state index contributed by atoms with van der Waals surface area (Å²) in [4.78, 5) is 36.0. The summed E-state index contributed by atoms with van der Waals surface area (Å²) in [6.07, 6.45) is 6.45. The Bertz CT molecular complexity index is 1200. The number of aryl methyl sites for hydroxylation is 1. The third-order valence-electron chi connectivity index (χ3n) is 6.61. The van der Waals surface area contributed by atoms with Gasteiger partial charge in [0.15, 0.2) is 0 Å². The lowest BCUT2D eigenvalue weighted by atomic mass is 10.0. The fraction of sp³-hybridized carbons (Fsp3) is 0.458. The molecule has 1 fully saturated rings. The second-order valence-corrected chi connectivity index (χ2v) is 9.04. The van der Waals surface area contributed by atoms with Gasteiger partial charge < -0.3 is 15.5 Å². The minimum atomic E-state index is -0.709. The van der Waals surface area contributed by atoms with Gasteiger partial charge in [0.2, 0.25) is 11.8 Å². The SMILES string of the molecule is CC(=O)NC(Cc1ccc(F)cc1)C(=O)NC1CCN(c2c3c(nc4ncnn24)CCC3)CC1. The summed E-state index contributed by atoms with van der Waals surface area (Å²) in [5, 5.41) is 10.2. The zero-order valence-electron chi connectivity index (χ0n) is 19.1. The van der Waals surface area contributed by atoms with E-state index in [0.717, 1.165) is 62.3 Å². The lowest BCUT2D eigenvalue weighted by Crippen LogP contribution is -2.52. The highest BCUT2D eigenvalue weighted by atomic mass is 19.1. The Morgan fingerprint density at radius 2 is 1.94 bits per heavy atom. The van der Waals surface area contributed by atoms with E-state index in [4.69, 9.17) is 0 Å². The standard InChI is InChI=1S/C24H28FN7O2/c1-15(33)28-21(13-16-5-7-17(25)8-6-16)22(34)29-18-9-11-31(12-10-18)23-19-3-2-4-20(19)30-24-26-14-27-32(23)24/h5-8,14,18,21H,2-4,9-13H2,1H3,(H,28,33)(H,29,34). The van der Waals surface area contributed by atoms with Gasteiger partial charge in [0.25, 0.3) is 5.78 Å². The first kappa shape index (κ1) is 22.2. The van der Waals surface area contributed by atoms with Crippen LogP contribution in [0.5, 0.6) is 0 Å². The zero-order chi connectivity index (χ0) is 23.7. The molecule has 0 radical (unpaired) electrons. The molecule has 2 aliphatic rings. The number of carbonyl (C=O) groups excluding carboxylic acids is 2. The molecule has 2 N–H and O–H groups in total. The number of nitrogens with zero attached hydrogens (tertiary/aromatic N) is 5. The maximum Gasteiger partial charge on any atom is 0.254 e. The van der Waals surface area contributed by atoms with E-state index in [1.54, 1.807) is 12.1 Å². The topological polar surface area (TPSA) is 105 Å². The third kappa shape index (κ3) is 4.57. The summed E-state index contributed by atoms with van der Waals surface area (Å²) in [7, 11) is 0. The highest BCUT2D eigenvalue weighted by Crippen LogP contribution is 2.32. The number of aromatic nitrogens is 4. The van der Waals surface area contributed by atoms with Gasteiger partial charge in [-0.05, 0) is 49.8 Å². The predicted molar refractivity (Wildman–Crippen MR) is 124 cm³/mol. The van der Waals surface area contributed by atoms with E-state index >= 15 is 0 Å². The van der Waals surface area contributed by atoms with Gasteiger partial charge in [-0.25, -0.2) is 9.37 Å². The van der Waals surface area contributed by atoms with E-state index in [9.17, 15) is 14.0 Å². The number of rotatable bonds is 6. The van der Waals surface area contributed by atoms with Crippen molar-refractivity contribution in [2.75, 3.05) is 18.0 Å². The van der Waals surface area contributed by atoms with E-state index in [1.807, 2.05) is 4.52 Å². The number of piperidine rings is 1. The number of hydrogen-bond acceptors (Lipinski definition) is 6. The van der Waals surface area contributed by atoms with Gasteiger partial charge in [-0.2, -0.15) is 14.6 Å². The highest BCUT2D eigenvalue weighted by Gasteiger charge is 2.29. The Morgan fingerprint density at radius 3 is 2.68 bits per heavy atom. The smallest absolute Gasteiger partial charge is 0.254 e. The van der Waals surface area contributed by atoms with E-state index in [-0.39, 0.29) is 23.7 Å². The van der Waals surface area contributed by atoms with Crippen LogP contribution in [0.2, 0.25) is 0 Å². The molecule has 1 saturated heterocycles. The third-order valence-corrected chi connectivity index (χ3v) is 6.61. The fourth-order valence-electron chi connectivity index (χ4n) is 4.97. The average Bonchev–Trinajstić information content (AvgIpc) is 3.48. The van der Waals surface area contributed by atoms with Crippen molar-refractivity contribution in [2.45, 2.75) is 57.5 Å². The summed E-state index contributed by atoms with van der Waals surface area (Å²) in [6, 6.07) is 5.28. The lowest BCUT2D eigenvalue weighted by Gasteiger charge is -2.35. The van der Waals surface area contributed by atoms with Crippen LogP contribution in [0.15, 0.2) is 30.6 Å². The first-order valence-electron chi connectivity index (χ1n) is 11.8. The van der Waals surface area contributed by atoms with Gasteiger partial charge in [-0.15, -0.1) is 0 Å². The van der Waals surface area contributed by atoms with Crippen molar-refractivity contribution in [3.05, 3.63) is 53.2 Å². The Kier molecular flexibility index (Phi) is 6.12. The summed E-state index contributed by atoms with van der Waals surface area (Å²) in [5.41, 5.74) is 3.16. The van der Waals surface area contributed by atoms with Crippen LogP contribution in [0, 0.1) is 5.82 Å². The first-order chi connectivity index (χ1) is 16.5. The quantitative estimate of drug-likeness (QED) is 0.573. The van der Waals surface area contributed by atoms with Crippen molar-refractivity contribution in [3.63, 3.8) is 0 Å². The minimum absolute atomic E-state index is 0.00866. The first-order valence-corrected chi connectivity index (χ1v) is 11.8. The maximum absolute atomic E-state index is 13.2. The zero-order valence-corrected chi connectivity index (χ0v) is 19.1. The van der Waals surface area contributed by atoms with E-state index in [1.165, 1.54) is 30.9 Å². The molecule has 2 aromatic heterocycles. The maximum atomic E-state index is 13.2. The van der Waals surface area contributed by atoms with Crippen molar-refractivity contribution in [3.8, 4) is 0 Å². The lowest BCUT2D eigenvalue weighted by molar-refractivity contribution is -0.128. The molecule has 10 heteroatoms.